The maximum absolute atomic E-state index is 13.9. The third kappa shape index (κ3) is 3.11. The predicted octanol–water partition coefficient (Wildman–Crippen LogP) is 5.29. The SMILES string of the molecule is Cc1ccc(C(O)c2cc(Cl)c(Br)cc2F)c(Cl)c1. The predicted molar refractivity (Wildman–Crippen MR) is 79.4 cm³/mol. The van der Waals surface area contributed by atoms with Crippen molar-refractivity contribution in [1.82, 2.24) is 0 Å². The van der Waals surface area contributed by atoms with Crippen molar-refractivity contribution in [2.45, 2.75) is 13.0 Å². The minimum atomic E-state index is -1.15. The van der Waals surface area contributed by atoms with Gasteiger partial charge < -0.3 is 5.11 Å². The zero-order chi connectivity index (χ0) is 14.2. The first kappa shape index (κ1) is 14.8. The maximum Gasteiger partial charge on any atom is 0.130 e. The van der Waals surface area contributed by atoms with E-state index in [-0.39, 0.29) is 5.56 Å². The number of hydrogen-bond acceptors (Lipinski definition) is 1. The third-order valence-electron chi connectivity index (χ3n) is 2.78. The first-order valence-corrected chi connectivity index (χ1v) is 7.03. The highest BCUT2D eigenvalue weighted by molar-refractivity contribution is 9.10. The first-order valence-electron chi connectivity index (χ1n) is 5.48. The van der Waals surface area contributed by atoms with Crippen LogP contribution >= 0.6 is 39.1 Å². The van der Waals surface area contributed by atoms with Gasteiger partial charge in [0, 0.05) is 20.6 Å². The molecule has 0 fully saturated rings. The molecule has 5 heteroatoms. The summed E-state index contributed by atoms with van der Waals surface area (Å²) in [5.41, 5.74) is 1.51. The number of benzene rings is 2. The molecule has 0 aliphatic carbocycles. The first-order chi connectivity index (χ1) is 8.90. The maximum atomic E-state index is 13.9. The zero-order valence-electron chi connectivity index (χ0n) is 9.92. The highest BCUT2D eigenvalue weighted by atomic mass is 79.9. The van der Waals surface area contributed by atoms with Crippen LogP contribution in [0, 0.1) is 12.7 Å². The fraction of sp³-hybridized carbons (Fsp3) is 0.143. The largest absolute Gasteiger partial charge is 0.383 e. The molecule has 0 saturated heterocycles. The molecule has 100 valence electrons. The van der Waals surface area contributed by atoms with Gasteiger partial charge in [-0.3, -0.25) is 0 Å². The summed E-state index contributed by atoms with van der Waals surface area (Å²) in [6.07, 6.45) is -1.15. The number of hydrogen-bond donors (Lipinski definition) is 1. The lowest BCUT2D eigenvalue weighted by Crippen LogP contribution is -2.04. The molecule has 0 spiro atoms. The normalized spacial score (nSPS) is 12.5. The van der Waals surface area contributed by atoms with Gasteiger partial charge >= 0.3 is 0 Å². The van der Waals surface area contributed by atoms with Gasteiger partial charge in [-0.2, -0.15) is 0 Å². The van der Waals surface area contributed by atoms with Gasteiger partial charge in [0.1, 0.15) is 11.9 Å². The summed E-state index contributed by atoms with van der Waals surface area (Å²) in [5.74, 6) is -0.541. The van der Waals surface area contributed by atoms with Crippen LogP contribution < -0.4 is 0 Å². The lowest BCUT2D eigenvalue weighted by molar-refractivity contribution is 0.215. The Bertz CT molecular complexity index is 631. The minimum Gasteiger partial charge on any atom is -0.383 e. The molecule has 0 heterocycles. The number of aliphatic hydroxyl groups is 1. The smallest absolute Gasteiger partial charge is 0.130 e. The van der Waals surface area contributed by atoms with E-state index in [0.29, 0.717) is 20.1 Å². The Balaban J connectivity index is 2.49. The summed E-state index contributed by atoms with van der Waals surface area (Å²) in [7, 11) is 0. The average Bonchev–Trinajstić information content (AvgIpc) is 2.33. The van der Waals surface area contributed by atoms with Crippen LogP contribution in [-0.2, 0) is 0 Å². The summed E-state index contributed by atoms with van der Waals surface area (Å²) >= 11 is 15.1. The number of aliphatic hydroxyl groups excluding tert-OH is 1. The summed E-state index contributed by atoms with van der Waals surface area (Å²) in [6, 6.07) is 7.82. The van der Waals surface area contributed by atoms with Gasteiger partial charge in [-0.05, 0) is 46.6 Å². The fourth-order valence-corrected chi connectivity index (χ4v) is 2.59. The van der Waals surface area contributed by atoms with Crippen LogP contribution in [0.3, 0.4) is 0 Å². The van der Waals surface area contributed by atoms with Crippen molar-refractivity contribution in [2.24, 2.45) is 0 Å². The second-order valence-electron chi connectivity index (χ2n) is 4.22. The highest BCUT2D eigenvalue weighted by Gasteiger charge is 2.19. The molecule has 0 saturated carbocycles. The molecule has 0 radical (unpaired) electrons. The van der Waals surface area contributed by atoms with Crippen LogP contribution in [-0.4, -0.2) is 5.11 Å². The molecule has 0 aromatic heterocycles. The van der Waals surface area contributed by atoms with E-state index in [1.54, 1.807) is 12.1 Å². The molecule has 0 aliphatic heterocycles. The third-order valence-corrected chi connectivity index (χ3v) is 4.31. The van der Waals surface area contributed by atoms with Gasteiger partial charge in [0.2, 0.25) is 0 Å². The van der Waals surface area contributed by atoms with Gasteiger partial charge in [-0.1, -0.05) is 35.3 Å². The zero-order valence-corrected chi connectivity index (χ0v) is 13.0. The van der Waals surface area contributed by atoms with Crippen molar-refractivity contribution in [3.8, 4) is 0 Å². The molecule has 2 rings (SSSR count). The Morgan fingerprint density at radius 3 is 2.42 bits per heavy atom. The van der Waals surface area contributed by atoms with Crippen LogP contribution in [0.4, 0.5) is 4.39 Å². The molecule has 1 N–H and O–H groups in total. The molecule has 1 atom stereocenters. The van der Waals surface area contributed by atoms with E-state index in [1.807, 2.05) is 13.0 Å². The van der Waals surface area contributed by atoms with Crippen molar-refractivity contribution < 1.29 is 9.50 Å². The topological polar surface area (TPSA) is 20.2 Å². The van der Waals surface area contributed by atoms with E-state index in [2.05, 4.69) is 15.9 Å². The molecule has 1 unspecified atom stereocenters. The Morgan fingerprint density at radius 2 is 1.79 bits per heavy atom. The van der Waals surface area contributed by atoms with Crippen LogP contribution in [0.1, 0.15) is 22.8 Å². The second kappa shape index (κ2) is 5.80. The monoisotopic (exact) mass is 362 g/mol. The molecule has 1 nitrogen and oxygen atoms in total. The lowest BCUT2D eigenvalue weighted by Gasteiger charge is -2.15. The number of aryl methyl sites for hydroxylation is 1. The minimum absolute atomic E-state index is 0.0963. The molecular weight excluding hydrogens is 354 g/mol. The Hall–Kier alpha value is -0.610. The van der Waals surface area contributed by atoms with Crippen molar-refractivity contribution in [3.63, 3.8) is 0 Å². The number of rotatable bonds is 2. The molecule has 2 aromatic carbocycles. The van der Waals surface area contributed by atoms with Crippen LogP contribution in [0.25, 0.3) is 0 Å². The van der Waals surface area contributed by atoms with Crippen LogP contribution in [0.5, 0.6) is 0 Å². The fourth-order valence-electron chi connectivity index (χ4n) is 1.77. The van der Waals surface area contributed by atoms with Crippen molar-refractivity contribution in [1.29, 1.82) is 0 Å². The van der Waals surface area contributed by atoms with E-state index in [4.69, 9.17) is 23.2 Å². The van der Waals surface area contributed by atoms with E-state index >= 15 is 0 Å². The van der Waals surface area contributed by atoms with E-state index < -0.39 is 11.9 Å². The average molecular weight is 364 g/mol. The Kier molecular flexibility index (Phi) is 4.51. The Labute approximate surface area is 129 Å². The second-order valence-corrected chi connectivity index (χ2v) is 5.88. The molecule has 2 aromatic rings. The summed E-state index contributed by atoms with van der Waals surface area (Å²) in [5, 5.41) is 11.0. The van der Waals surface area contributed by atoms with Crippen LogP contribution in [0.2, 0.25) is 10.0 Å². The van der Waals surface area contributed by atoms with E-state index in [9.17, 15) is 9.50 Å². The van der Waals surface area contributed by atoms with Gasteiger partial charge in [0.05, 0.1) is 5.02 Å². The number of halogens is 4. The van der Waals surface area contributed by atoms with E-state index in [1.165, 1.54) is 12.1 Å². The van der Waals surface area contributed by atoms with Gasteiger partial charge in [0.15, 0.2) is 0 Å². The Morgan fingerprint density at radius 1 is 1.11 bits per heavy atom. The van der Waals surface area contributed by atoms with Gasteiger partial charge in [-0.15, -0.1) is 0 Å². The molecule has 19 heavy (non-hydrogen) atoms. The van der Waals surface area contributed by atoms with Gasteiger partial charge in [0.25, 0.3) is 0 Å². The van der Waals surface area contributed by atoms with E-state index in [0.717, 1.165) is 5.56 Å². The molecular formula is C14H10BrCl2FO. The quantitative estimate of drug-likeness (QED) is 0.719. The summed E-state index contributed by atoms with van der Waals surface area (Å²) < 4.78 is 14.3. The van der Waals surface area contributed by atoms with Gasteiger partial charge in [-0.25, -0.2) is 4.39 Å². The standard InChI is InChI=1S/C14H10BrCl2FO/c1-7-2-3-8(11(16)4-7)14(19)9-5-12(17)10(15)6-13(9)18/h2-6,14,19H,1H3. The highest BCUT2D eigenvalue weighted by Crippen LogP contribution is 2.34. The molecule has 0 amide bonds. The molecule has 0 bridgehead atoms. The van der Waals surface area contributed by atoms with Crippen molar-refractivity contribution >= 4 is 39.1 Å². The summed E-state index contributed by atoms with van der Waals surface area (Å²) in [6.45, 7) is 1.89. The molecule has 0 aliphatic rings. The summed E-state index contributed by atoms with van der Waals surface area (Å²) in [4.78, 5) is 0. The lowest BCUT2D eigenvalue weighted by atomic mass is 10.00. The van der Waals surface area contributed by atoms with Crippen LogP contribution in [0.15, 0.2) is 34.8 Å². The van der Waals surface area contributed by atoms with Crippen molar-refractivity contribution in [2.75, 3.05) is 0 Å². The van der Waals surface area contributed by atoms with Crippen molar-refractivity contribution in [3.05, 3.63) is 67.4 Å².